The van der Waals surface area contributed by atoms with Gasteiger partial charge in [0.1, 0.15) is 11.6 Å². The highest BCUT2D eigenvalue weighted by Gasteiger charge is 2.24. The number of benzene rings is 3. The molecular formula is C28H28F4O2. The zero-order valence-electron chi connectivity index (χ0n) is 19.2. The minimum Gasteiger partial charge on any atom is -0.423 e. The van der Waals surface area contributed by atoms with Crippen LogP contribution in [0.5, 0.6) is 5.75 Å². The van der Waals surface area contributed by atoms with Crippen LogP contribution in [0, 0.1) is 29.2 Å². The molecule has 6 heteroatoms. The van der Waals surface area contributed by atoms with Gasteiger partial charge in [0.2, 0.25) is 0 Å². The molecule has 0 N–H and O–H groups in total. The van der Waals surface area contributed by atoms with Crippen molar-refractivity contribution in [3.8, 4) is 5.75 Å². The summed E-state index contributed by atoms with van der Waals surface area (Å²) in [5, 5.41) is -0.114. The van der Waals surface area contributed by atoms with Crippen molar-refractivity contribution in [3.63, 3.8) is 0 Å². The maximum absolute atomic E-state index is 14.8. The molecule has 0 atom stereocenters. The average Bonchev–Trinajstić information content (AvgIpc) is 2.83. The fourth-order valence-corrected chi connectivity index (χ4v) is 4.93. The molecule has 3 aromatic carbocycles. The molecule has 0 amide bonds. The number of hydrogen-bond donors (Lipinski definition) is 0. The Bertz CT molecular complexity index is 1180. The Morgan fingerprint density at radius 1 is 0.882 bits per heavy atom. The third-order valence-corrected chi connectivity index (χ3v) is 6.90. The summed E-state index contributed by atoms with van der Waals surface area (Å²) in [6.45, 7) is 2.21. The van der Waals surface area contributed by atoms with Crippen LogP contribution >= 0.6 is 0 Å². The Morgan fingerprint density at radius 3 is 2.35 bits per heavy atom. The lowest BCUT2D eigenvalue weighted by atomic mass is 9.77. The molecule has 4 rings (SSSR count). The number of carbonyl (C=O) groups is 1. The SMILES string of the molecule is CCCCCC1CCC(c2ccc(C(=O)Oc3ccc4c(F)c(F)c(F)cc4c3)c(F)c2)CC1. The van der Waals surface area contributed by atoms with Crippen LogP contribution in [-0.4, -0.2) is 5.97 Å². The van der Waals surface area contributed by atoms with Gasteiger partial charge in [-0.2, -0.15) is 0 Å². The first-order valence-corrected chi connectivity index (χ1v) is 12.0. The van der Waals surface area contributed by atoms with Crippen LogP contribution in [0.4, 0.5) is 17.6 Å². The molecule has 0 aromatic heterocycles. The molecule has 2 nitrogen and oxygen atoms in total. The first kappa shape index (κ1) is 24.2. The van der Waals surface area contributed by atoms with E-state index in [9.17, 15) is 22.4 Å². The van der Waals surface area contributed by atoms with E-state index in [0.717, 1.165) is 43.2 Å². The molecule has 1 saturated carbocycles. The average molecular weight is 473 g/mol. The number of carbonyl (C=O) groups excluding carboxylic acids is 1. The normalized spacial score (nSPS) is 18.3. The smallest absolute Gasteiger partial charge is 0.346 e. The number of esters is 1. The quantitative estimate of drug-likeness (QED) is 0.113. The molecule has 1 aliphatic rings. The van der Waals surface area contributed by atoms with Gasteiger partial charge in [-0.15, -0.1) is 0 Å². The van der Waals surface area contributed by atoms with E-state index in [0.29, 0.717) is 0 Å². The maximum Gasteiger partial charge on any atom is 0.346 e. The van der Waals surface area contributed by atoms with Crippen molar-refractivity contribution in [1.82, 2.24) is 0 Å². The predicted octanol–water partition coefficient (Wildman–Crippen LogP) is 8.47. The van der Waals surface area contributed by atoms with Gasteiger partial charge in [-0.1, -0.05) is 38.7 Å². The first-order chi connectivity index (χ1) is 16.4. The van der Waals surface area contributed by atoms with Crippen LogP contribution in [0.1, 0.15) is 80.1 Å². The summed E-state index contributed by atoms with van der Waals surface area (Å²) in [5.74, 6) is -4.78. The lowest BCUT2D eigenvalue weighted by molar-refractivity contribution is 0.0730. The van der Waals surface area contributed by atoms with Gasteiger partial charge in [0.05, 0.1) is 5.56 Å². The number of halogens is 4. The van der Waals surface area contributed by atoms with Gasteiger partial charge in [-0.3, -0.25) is 0 Å². The summed E-state index contributed by atoms with van der Waals surface area (Å²) in [7, 11) is 0. The fourth-order valence-electron chi connectivity index (χ4n) is 4.93. The van der Waals surface area contributed by atoms with Crippen molar-refractivity contribution in [2.45, 2.75) is 64.2 Å². The van der Waals surface area contributed by atoms with E-state index >= 15 is 0 Å². The van der Waals surface area contributed by atoms with Crippen molar-refractivity contribution in [3.05, 3.63) is 76.9 Å². The second kappa shape index (κ2) is 10.6. The Labute approximate surface area is 196 Å². The van der Waals surface area contributed by atoms with Gasteiger partial charge in [0.15, 0.2) is 17.5 Å². The number of ether oxygens (including phenoxy) is 1. The lowest BCUT2D eigenvalue weighted by Crippen LogP contribution is -2.15. The maximum atomic E-state index is 14.8. The summed E-state index contributed by atoms with van der Waals surface area (Å²) in [6, 6.07) is 9.08. The fraction of sp³-hybridized carbons (Fsp3) is 0.393. The topological polar surface area (TPSA) is 26.3 Å². The van der Waals surface area contributed by atoms with Crippen LogP contribution < -0.4 is 4.74 Å². The van der Waals surface area contributed by atoms with E-state index in [1.165, 1.54) is 56.0 Å². The molecule has 0 unspecified atom stereocenters. The van der Waals surface area contributed by atoms with Crippen molar-refractivity contribution < 1.29 is 27.1 Å². The van der Waals surface area contributed by atoms with Gasteiger partial charge < -0.3 is 4.74 Å². The highest BCUT2D eigenvalue weighted by atomic mass is 19.2. The van der Waals surface area contributed by atoms with Gasteiger partial charge in [0.25, 0.3) is 0 Å². The molecule has 34 heavy (non-hydrogen) atoms. The summed E-state index contributed by atoms with van der Waals surface area (Å²) in [5.41, 5.74) is 0.674. The van der Waals surface area contributed by atoms with Crippen LogP contribution in [0.3, 0.4) is 0 Å². The molecule has 180 valence electrons. The highest BCUT2D eigenvalue weighted by Crippen LogP contribution is 2.38. The number of hydrogen-bond acceptors (Lipinski definition) is 2. The van der Waals surface area contributed by atoms with Gasteiger partial charge in [-0.25, -0.2) is 22.4 Å². The van der Waals surface area contributed by atoms with Crippen molar-refractivity contribution in [1.29, 1.82) is 0 Å². The van der Waals surface area contributed by atoms with Crippen LogP contribution in [0.25, 0.3) is 10.8 Å². The molecule has 0 spiro atoms. The Balaban J connectivity index is 1.42. The van der Waals surface area contributed by atoms with Crippen LogP contribution in [0.2, 0.25) is 0 Å². The summed E-state index contributed by atoms with van der Waals surface area (Å²) >= 11 is 0. The monoisotopic (exact) mass is 472 g/mol. The second-order valence-corrected chi connectivity index (χ2v) is 9.21. The van der Waals surface area contributed by atoms with Crippen molar-refractivity contribution in [2.75, 3.05) is 0 Å². The molecule has 0 aliphatic heterocycles. The van der Waals surface area contributed by atoms with E-state index in [-0.39, 0.29) is 28.0 Å². The van der Waals surface area contributed by atoms with Gasteiger partial charge >= 0.3 is 5.97 Å². The Kier molecular flexibility index (Phi) is 7.54. The molecule has 1 aliphatic carbocycles. The second-order valence-electron chi connectivity index (χ2n) is 9.21. The number of fused-ring (bicyclic) bond motifs is 1. The van der Waals surface area contributed by atoms with Crippen LogP contribution in [-0.2, 0) is 0 Å². The molecule has 0 heterocycles. The number of rotatable bonds is 7. The Hall–Kier alpha value is -2.89. The predicted molar refractivity (Wildman–Crippen MR) is 124 cm³/mol. The van der Waals surface area contributed by atoms with E-state index in [1.807, 2.05) is 0 Å². The molecular weight excluding hydrogens is 444 g/mol. The van der Waals surface area contributed by atoms with E-state index < -0.39 is 29.2 Å². The standard InChI is InChI=1S/C28H28F4O2/c1-2-3-4-5-17-6-8-18(9-7-17)19-10-12-23(24(29)15-19)28(33)34-21-11-13-22-20(14-21)16-25(30)27(32)26(22)31/h10-18H,2-9H2,1H3. The molecule has 0 saturated heterocycles. The minimum absolute atomic E-state index is 0.0206. The van der Waals surface area contributed by atoms with Crippen molar-refractivity contribution >= 4 is 16.7 Å². The zero-order chi connectivity index (χ0) is 24.2. The summed E-state index contributed by atoms with van der Waals surface area (Å²) in [6.07, 6.45) is 9.36. The highest BCUT2D eigenvalue weighted by molar-refractivity contribution is 5.92. The number of unbranched alkanes of at least 4 members (excludes halogenated alkanes) is 2. The molecule has 0 bridgehead atoms. The van der Waals surface area contributed by atoms with Crippen molar-refractivity contribution in [2.24, 2.45) is 5.92 Å². The van der Waals surface area contributed by atoms with E-state index in [4.69, 9.17) is 4.74 Å². The Morgan fingerprint density at radius 2 is 1.65 bits per heavy atom. The van der Waals surface area contributed by atoms with Gasteiger partial charge in [-0.05, 0) is 84.9 Å². The first-order valence-electron chi connectivity index (χ1n) is 12.0. The summed E-state index contributed by atoms with van der Waals surface area (Å²) in [4.78, 5) is 12.5. The minimum atomic E-state index is -1.57. The third kappa shape index (κ3) is 5.26. The molecule has 3 aromatic rings. The van der Waals surface area contributed by atoms with Crippen LogP contribution in [0.15, 0.2) is 42.5 Å². The van der Waals surface area contributed by atoms with E-state index in [1.54, 1.807) is 6.07 Å². The zero-order valence-corrected chi connectivity index (χ0v) is 19.2. The molecule has 1 fully saturated rings. The largest absolute Gasteiger partial charge is 0.423 e. The van der Waals surface area contributed by atoms with Gasteiger partial charge in [0, 0.05) is 5.39 Å². The van der Waals surface area contributed by atoms with E-state index in [2.05, 4.69) is 6.92 Å². The third-order valence-electron chi connectivity index (χ3n) is 6.90. The summed E-state index contributed by atoms with van der Waals surface area (Å²) < 4.78 is 60.9. The molecule has 0 radical (unpaired) electrons. The lowest BCUT2D eigenvalue weighted by Gasteiger charge is -2.29.